The fourth-order valence-corrected chi connectivity index (χ4v) is 4.01. The molecule has 0 radical (unpaired) electrons. The second-order valence-electron chi connectivity index (χ2n) is 6.78. The van der Waals surface area contributed by atoms with Crippen LogP contribution in [0.4, 0.5) is 0 Å². The summed E-state index contributed by atoms with van der Waals surface area (Å²) in [6, 6.07) is 0. The van der Waals surface area contributed by atoms with E-state index in [9.17, 15) is 5.11 Å². The number of aliphatic hydroxyl groups is 1. The third kappa shape index (κ3) is 3.44. The normalized spacial score (nSPS) is 31.9. The van der Waals surface area contributed by atoms with E-state index in [1.165, 1.54) is 31.3 Å². The maximum absolute atomic E-state index is 10.6. The van der Waals surface area contributed by atoms with E-state index in [1.54, 1.807) is 0 Å². The molecule has 2 atom stereocenters. The second-order valence-corrected chi connectivity index (χ2v) is 6.78. The summed E-state index contributed by atoms with van der Waals surface area (Å²) in [5.41, 5.74) is 1.49. The minimum Gasteiger partial charge on any atom is -0.393 e. The molecule has 0 aromatic heterocycles. The Morgan fingerprint density at radius 1 is 1.25 bits per heavy atom. The average molecular weight is 280 g/mol. The Morgan fingerprint density at radius 3 is 2.85 bits per heavy atom. The van der Waals surface area contributed by atoms with Gasteiger partial charge in [0.1, 0.15) is 0 Å². The van der Waals surface area contributed by atoms with Crippen molar-refractivity contribution in [2.45, 2.75) is 69.5 Å². The number of ether oxygens (including phenoxy) is 2. The molecule has 0 amide bonds. The summed E-state index contributed by atoms with van der Waals surface area (Å²) < 4.78 is 11.5. The second kappa shape index (κ2) is 6.59. The summed E-state index contributed by atoms with van der Waals surface area (Å²) in [6.45, 7) is 2.43. The Balaban J connectivity index is 1.56. The van der Waals surface area contributed by atoms with Gasteiger partial charge in [-0.05, 0) is 63.7 Å². The summed E-state index contributed by atoms with van der Waals surface area (Å²) in [6.07, 6.45) is 12.1. The van der Waals surface area contributed by atoms with Crippen molar-refractivity contribution in [1.29, 1.82) is 0 Å². The molecule has 3 nitrogen and oxygen atoms in total. The molecule has 0 bridgehead atoms. The molecule has 20 heavy (non-hydrogen) atoms. The van der Waals surface area contributed by atoms with Crippen molar-refractivity contribution in [2.24, 2.45) is 5.92 Å². The summed E-state index contributed by atoms with van der Waals surface area (Å²) >= 11 is 0. The van der Waals surface area contributed by atoms with Gasteiger partial charge >= 0.3 is 0 Å². The zero-order valence-electron chi connectivity index (χ0n) is 12.5. The zero-order chi connectivity index (χ0) is 13.8. The van der Waals surface area contributed by atoms with Gasteiger partial charge in [-0.2, -0.15) is 0 Å². The van der Waals surface area contributed by atoms with Crippen LogP contribution in [-0.2, 0) is 9.47 Å². The Kier molecular flexibility index (Phi) is 4.79. The Hall–Kier alpha value is -0.380. The molecule has 114 valence electrons. The molecule has 1 N–H and O–H groups in total. The molecule has 3 rings (SSSR count). The van der Waals surface area contributed by atoms with E-state index in [-0.39, 0.29) is 11.7 Å². The lowest BCUT2D eigenvalue weighted by Crippen LogP contribution is -2.46. The molecule has 3 aliphatic rings. The molecule has 1 spiro atoms. The van der Waals surface area contributed by atoms with Crippen LogP contribution < -0.4 is 0 Å². The predicted octanol–water partition coefficient (Wildman–Crippen LogP) is 3.21. The van der Waals surface area contributed by atoms with Gasteiger partial charge in [-0.25, -0.2) is 0 Å². The Labute approximate surface area is 122 Å². The highest BCUT2D eigenvalue weighted by atomic mass is 16.5. The van der Waals surface area contributed by atoms with Crippen LogP contribution in [0.1, 0.15) is 57.8 Å². The van der Waals surface area contributed by atoms with Gasteiger partial charge in [-0.3, -0.25) is 0 Å². The van der Waals surface area contributed by atoms with E-state index in [0.29, 0.717) is 5.92 Å². The first-order valence-electron chi connectivity index (χ1n) is 8.35. The molecular weight excluding hydrogens is 252 g/mol. The maximum Gasteiger partial charge on any atom is 0.0730 e. The largest absolute Gasteiger partial charge is 0.393 e. The molecule has 0 aromatic carbocycles. The van der Waals surface area contributed by atoms with Crippen LogP contribution in [0.25, 0.3) is 0 Å². The predicted molar refractivity (Wildman–Crippen MR) is 78.6 cm³/mol. The minimum absolute atomic E-state index is 0.00307. The molecule has 2 heterocycles. The number of hydrogen-bond donors (Lipinski definition) is 1. The standard InChI is InChI=1S/C17H28O3/c18-16(12-14-4-2-1-3-5-14)15-6-9-20-17(13-15)7-10-19-11-8-17/h4,15-16,18H,1-3,5-13H2. The molecule has 0 aromatic rings. The molecule has 2 aliphatic heterocycles. The first-order chi connectivity index (χ1) is 9.77. The Bertz CT molecular complexity index is 339. The van der Waals surface area contributed by atoms with Gasteiger partial charge in [0.25, 0.3) is 0 Å². The smallest absolute Gasteiger partial charge is 0.0730 e. The monoisotopic (exact) mass is 280 g/mol. The van der Waals surface area contributed by atoms with E-state index in [4.69, 9.17) is 9.47 Å². The lowest BCUT2D eigenvalue weighted by Gasteiger charge is -2.44. The molecule has 3 heteroatoms. The first kappa shape index (κ1) is 14.6. The summed E-state index contributed by atoms with van der Waals surface area (Å²) in [4.78, 5) is 0. The van der Waals surface area contributed by atoms with E-state index in [0.717, 1.165) is 51.9 Å². The van der Waals surface area contributed by atoms with Gasteiger partial charge in [0, 0.05) is 19.8 Å². The van der Waals surface area contributed by atoms with Crippen molar-refractivity contribution in [3.63, 3.8) is 0 Å². The van der Waals surface area contributed by atoms with Gasteiger partial charge < -0.3 is 14.6 Å². The van der Waals surface area contributed by atoms with Crippen LogP contribution in [-0.4, -0.2) is 36.6 Å². The SMILES string of the molecule is OC(CC1=CCCCC1)C1CCOC2(CCOCC2)C1. The first-order valence-corrected chi connectivity index (χ1v) is 8.35. The fourth-order valence-electron chi connectivity index (χ4n) is 4.01. The molecule has 0 saturated carbocycles. The quantitative estimate of drug-likeness (QED) is 0.807. The number of allylic oxidation sites excluding steroid dienone is 1. The van der Waals surface area contributed by atoms with E-state index in [1.807, 2.05) is 0 Å². The van der Waals surface area contributed by atoms with Crippen LogP contribution in [0.3, 0.4) is 0 Å². The summed E-state index contributed by atoms with van der Waals surface area (Å²) in [5.74, 6) is 0.407. The molecule has 2 unspecified atom stereocenters. The van der Waals surface area contributed by atoms with Gasteiger partial charge in [0.15, 0.2) is 0 Å². The van der Waals surface area contributed by atoms with Crippen LogP contribution in [0.2, 0.25) is 0 Å². The molecule has 1 aliphatic carbocycles. The van der Waals surface area contributed by atoms with E-state index < -0.39 is 0 Å². The Morgan fingerprint density at radius 2 is 2.10 bits per heavy atom. The lowest BCUT2D eigenvalue weighted by molar-refractivity contribution is -0.158. The van der Waals surface area contributed by atoms with Crippen molar-refractivity contribution < 1.29 is 14.6 Å². The van der Waals surface area contributed by atoms with E-state index >= 15 is 0 Å². The maximum atomic E-state index is 10.6. The molecule has 2 fully saturated rings. The topological polar surface area (TPSA) is 38.7 Å². The minimum atomic E-state index is -0.178. The third-order valence-corrected chi connectivity index (χ3v) is 5.34. The van der Waals surface area contributed by atoms with Gasteiger partial charge in [0.05, 0.1) is 11.7 Å². The van der Waals surface area contributed by atoms with Crippen molar-refractivity contribution in [1.82, 2.24) is 0 Å². The molecular formula is C17H28O3. The van der Waals surface area contributed by atoms with E-state index in [2.05, 4.69) is 6.08 Å². The van der Waals surface area contributed by atoms with Crippen LogP contribution in [0.15, 0.2) is 11.6 Å². The average Bonchev–Trinajstić information content (AvgIpc) is 2.49. The van der Waals surface area contributed by atoms with Crippen molar-refractivity contribution in [2.75, 3.05) is 19.8 Å². The number of aliphatic hydroxyl groups excluding tert-OH is 1. The molecule has 2 saturated heterocycles. The van der Waals surface area contributed by atoms with Crippen LogP contribution in [0.5, 0.6) is 0 Å². The fraction of sp³-hybridized carbons (Fsp3) is 0.882. The van der Waals surface area contributed by atoms with Crippen LogP contribution >= 0.6 is 0 Å². The van der Waals surface area contributed by atoms with Crippen LogP contribution in [0, 0.1) is 5.92 Å². The summed E-state index contributed by atoms with van der Waals surface area (Å²) in [5, 5.41) is 10.6. The number of hydrogen-bond acceptors (Lipinski definition) is 3. The van der Waals surface area contributed by atoms with Gasteiger partial charge in [0.2, 0.25) is 0 Å². The summed E-state index contributed by atoms with van der Waals surface area (Å²) in [7, 11) is 0. The zero-order valence-corrected chi connectivity index (χ0v) is 12.5. The lowest BCUT2D eigenvalue weighted by atomic mass is 9.77. The van der Waals surface area contributed by atoms with Crippen molar-refractivity contribution in [3.05, 3.63) is 11.6 Å². The van der Waals surface area contributed by atoms with Crippen molar-refractivity contribution >= 4 is 0 Å². The third-order valence-electron chi connectivity index (χ3n) is 5.34. The van der Waals surface area contributed by atoms with Crippen molar-refractivity contribution in [3.8, 4) is 0 Å². The number of rotatable bonds is 3. The highest BCUT2D eigenvalue weighted by Gasteiger charge is 2.40. The van der Waals surface area contributed by atoms with Gasteiger partial charge in [-0.1, -0.05) is 11.6 Å². The van der Waals surface area contributed by atoms with Gasteiger partial charge in [-0.15, -0.1) is 0 Å². The highest BCUT2D eigenvalue weighted by molar-refractivity contribution is 5.07. The highest BCUT2D eigenvalue weighted by Crippen LogP contribution is 2.39.